The topological polar surface area (TPSA) is 35.5 Å². The third kappa shape index (κ3) is 2.71. The van der Waals surface area contributed by atoms with Crippen molar-refractivity contribution < 1.29 is 14.3 Å². The van der Waals surface area contributed by atoms with Crippen LogP contribution in [-0.4, -0.2) is 19.2 Å². The van der Waals surface area contributed by atoms with Crippen molar-refractivity contribution in [3.8, 4) is 5.75 Å². The Balaban J connectivity index is 2.43. The minimum Gasteiger partial charge on any atom is -0.474 e. The van der Waals surface area contributed by atoms with E-state index in [1.807, 2.05) is 24.3 Å². The number of rotatable bonds is 4. The van der Waals surface area contributed by atoms with Crippen molar-refractivity contribution >= 4 is 28.3 Å². The van der Waals surface area contributed by atoms with Gasteiger partial charge in [0.2, 0.25) is 6.10 Å². The standard InChI is InChI=1S/C15H13ClO3/c1-3-13(15(17)18-2)19-14-9-8-12(16)10-6-4-5-7-11(10)14/h3-9,13H,1H2,2H3. The van der Waals surface area contributed by atoms with E-state index in [1.165, 1.54) is 13.2 Å². The Hall–Kier alpha value is -2.00. The van der Waals surface area contributed by atoms with Gasteiger partial charge in [-0.3, -0.25) is 0 Å². The summed E-state index contributed by atoms with van der Waals surface area (Å²) in [5.74, 6) is 0.0735. The van der Waals surface area contributed by atoms with E-state index < -0.39 is 12.1 Å². The molecule has 0 saturated heterocycles. The fraction of sp³-hybridized carbons (Fsp3) is 0.133. The lowest BCUT2D eigenvalue weighted by Crippen LogP contribution is -2.26. The van der Waals surface area contributed by atoms with E-state index in [0.717, 1.165) is 10.8 Å². The van der Waals surface area contributed by atoms with Crippen LogP contribution in [-0.2, 0) is 9.53 Å². The largest absolute Gasteiger partial charge is 0.474 e. The Labute approximate surface area is 116 Å². The van der Waals surface area contributed by atoms with Crippen molar-refractivity contribution in [3.05, 3.63) is 54.1 Å². The van der Waals surface area contributed by atoms with Gasteiger partial charge in [0.25, 0.3) is 0 Å². The molecule has 0 radical (unpaired) electrons. The van der Waals surface area contributed by atoms with Gasteiger partial charge in [-0.2, -0.15) is 0 Å². The number of benzene rings is 2. The zero-order valence-corrected chi connectivity index (χ0v) is 11.2. The molecule has 2 aromatic rings. The van der Waals surface area contributed by atoms with Crippen LogP contribution in [0.1, 0.15) is 0 Å². The smallest absolute Gasteiger partial charge is 0.351 e. The van der Waals surface area contributed by atoms with E-state index >= 15 is 0 Å². The number of hydrogen-bond acceptors (Lipinski definition) is 3. The minimum atomic E-state index is -0.838. The zero-order chi connectivity index (χ0) is 13.8. The maximum atomic E-state index is 11.5. The molecule has 0 aromatic heterocycles. The van der Waals surface area contributed by atoms with Crippen LogP contribution in [0.15, 0.2) is 49.1 Å². The fourth-order valence-electron chi connectivity index (χ4n) is 1.78. The molecule has 4 heteroatoms. The first-order valence-corrected chi connectivity index (χ1v) is 6.09. The van der Waals surface area contributed by atoms with Crippen molar-refractivity contribution in [2.24, 2.45) is 0 Å². The highest BCUT2D eigenvalue weighted by Crippen LogP contribution is 2.31. The van der Waals surface area contributed by atoms with Crippen LogP contribution in [0.4, 0.5) is 0 Å². The van der Waals surface area contributed by atoms with E-state index in [4.69, 9.17) is 16.3 Å². The molecule has 0 N–H and O–H groups in total. The Morgan fingerprint density at radius 2 is 1.95 bits per heavy atom. The zero-order valence-electron chi connectivity index (χ0n) is 10.4. The highest BCUT2D eigenvalue weighted by molar-refractivity contribution is 6.35. The van der Waals surface area contributed by atoms with Gasteiger partial charge >= 0.3 is 5.97 Å². The van der Waals surface area contributed by atoms with Crippen LogP contribution < -0.4 is 4.74 Å². The molecule has 2 aromatic carbocycles. The second-order valence-electron chi connectivity index (χ2n) is 3.89. The molecule has 0 fully saturated rings. The van der Waals surface area contributed by atoms with Crippen LogP contribution in [0.5, 0.6) is 5.75 Å². The van der Waals surface area contributed by atoms with Crippen molar-refractivity contribution in [1.29, 1.82) is 0 Å². The molecule has 3 nitrogen and oxygen atoms in total. The Kier molecular flexibility index (Phi) is 4.07. The van der Waals surface area contributed by atoms with E-state index in [-0.39, 0.29) is 0 Å². The molecule has 98 valence electrons. The van der Waals surface area contributed by atoms with Crippen LogP contribution in [0.2, 0.25) is 5.02 Å². The summed E-state index contributed by atoms with van der Waals surface area (Å²) in [6.45, 7) is 3.57. The number of fused-ring (bicyclic) bond motifs is 1. The quantitative estimate of drug-likeness (QED) is 0.632. The molecule has 19 heavy (non-hydrogen) atoms. The van der Waals surface area contributed by atoms with Crippen LogP contribution in [0, 0.1) is 0 Å². The molecule has 0 heterocycles. The summed E-state index contributed by atoms with van der Waals surface area (Å²) in [5, 5.41) is 2.34. The number of carbonyl (C=O) groups excluding carboxylic acids is 1. The molecule has 2 rings (SSSR count). The van der Waals surface area contributed by atoms with Crippen LogP contribution in [0.25, 0.3) is 10.8 Å². The minimum absolute atomic E-state index is 0.492. The second kappa shape index (κ2) is 5.76. The van der Waals surface area contributed by atoms with E-state index in [9.17, 15) is 4.79 Å². The van der Waals surface area contributed by atoms with Gasteiger partial charge in [-0.1, -0.05) is 42.4 Å². The second-order valence-corrected chi connectivity index (χ2v) is 4.30. The molecule has 0 amide bonds. The average molecular weight is 277 g/mol. The lowest BCUT2D eigenvalue weighted by atomic mass is 10.1. The predicted octanol–water partition coefficient (Wildman–Crippen LogP) is 3.60. The fourth-order valence-corrected chi connectivity index (χ4v) is 2.01. The van der Waals surface area contributed by atoms with Gasteiger partial charge in [-0.05, 0) is 18.2 Å². The Morgan fingerprint density at radius 1 is 1.26 bits per heavy atom. The third-order valence-electron chi connectivity index (χ3n) is 2.73. The molecule has 0 aliphatic rings. The molecular weight excluding hydrogens is 264 g/mol. The molecule has 0 aliphatic heterocycles. The maximum Gasteiger partial charge on any atom is 0.351 e. The van der Waals surface area contributed by atoms with Crippen molar-refractivity contribution in [1.82, 2.24) is 0 Å². The van der Waals surface area contributed by atoms with Gasteiger partial charge in [0.1, 0.15) is 5.75 Å². The van der Waals surface area contributed by atoms with Gasteiger partial charge in [0.15, 0.2) is 0 Å². The van der Waals surface area contributed by atoms with Crippen molar-refractivity contribution in [2.45, 2.75) is 6.10 Å². The monoisotopic (exact) mass is 276 g/mol. The number of halogens is 1. The summed E-state index contributed by atoms with van der Waals surface area (Å²) >= 11 is 6.12. The molecule has 0 spiro atoms. The Bertz CT molecular complexity index is 622. The van der Waals surface area contributed by atoms with Gasteiger partial charge in [-0.15, -0.1) is 0 Å². The highest BCUT2D eigenvalue weighted by Gasteiger charge is 2.18. The molecule has 1 unspecified atom stereocenters. The van der Waals surface area contributed by atoms with Crippen LogP contribution in [0.3, 0.4) is 0 Å². The number of methoxy groups -OCH3 is 1. The maximum absolute atomic E-state index is 11.5. The average Bonchev–Trinajstić information content (AvgIpc) is 2.46. The van der Waals surface area contributed by atoms with Gasteiger partial charge < -0.3 is 9.47 Å². The normalized spacial score (nSPS) is 11.9. The van der Waals surface area contributed by atoms with E-state index in [1.54, 1.807) is 12.1 Å². The molecule has 1 atom stereocenters. The number of esters is 1. The van der Waals surface area contributed by atoms with E-state index in [0.29, 0.717) is 10.8 Å². The summed E-state index contributed by atoms with van der Waals surface area (Å²) in [5.41, 5.74) is 0. The third-order valence-corrected chi connectivity index (χ3v) is 3.06. The van der Waals surface area contributed by atoms with Crippen LogP contribution >= 0.6 is 11.6 Å². The summed E-state index contributed by atoms with van der Waals surface area (Å²) < 4.78 is 10.3. The first-order valence-electron chi connectivity index (χ1n) is 5.71. The van der Waals surface area contributed by atoms with E-state index in [2.05, 4.69) is 11.3 Å². The lowest BCUT2D eigenvalue weighted by Gasteiger charge is -2.15. The van der Waals surface area contributed by atoms with Gasteiger partial charge in [-0.25, -0.2) is 4.79 Å². The first kappa shape index (κ1) is 13.4. The summed E-state index contributed by atoms with van der Waals surface area (Å²) in [6, 6.07) is 11.0. The van der Waals surface area contributed by atoms with Crippen molar-refractivity contribution in [3.63, 3.8) is 0 Å². The molecule has 0 aliphatic carbocycles. The van der Waals surface area contributed by atoms with Gasteiger partial charge in [0, 0.05) is 15.8 Å². The number of hydrogen-bond donors (Lipinski definition) is 0. The molecule has 0 saturated carbocycles. The first-order chi connectivity index (χ1) is 9.17. The van der Waals surface area contributed by atoms with Crippen molar-refractivity contribution in [2.75, 3.05) is 7.11 Å². The number of ether oxygens (including phenoxy) is 2. The predicted molar refractivity (Wildman–Crippen MR) is 75.6 cm³/mol. The van der Waals surface area contributed by atoms with Gasteiger partial charge in [0.05, 0.1) is 7.11 Å². The summed E-state index contributed by atoms with van der Waals surface area (Å²) in [6.07, 6.45) is 0.560. The lowest BCUT2D eigenvalue weighted by molar-refractivity contribution is -0.146. The summed E-state index contributed by atoms with van der Waals surface area (Å²) in [7, 11) is 1.31. The molecular formula is C15H13ClO3. The Morgan fingerprint density at radius 3 is 2.58 bits per heavy atom. The SMILES string of the molecule is C=CC(Oc1ccc(Cl)c2ccccc12)C(=O)OC. The summed E-state index contributed by atoms with van der Waals surface area (Å²) in [4.78, 5) is 11.5. The highest BCUT2D eigenvalue weighted by atomic mass is 35.5. The number of carbonyl (C=O) groups is 1. The molecule has 0 bridgehead atoms.